The van der Waals surface area contributed by atoms with E-state index < -0.39 is 0 Å². The highest BCUT2D eigenvalue weighted by Crippen LogP contribution is 2.44. The van der Waals surface area contributed by atoms with Gasteiger partial charge in [0.2, 0.25) is 0 Å². The number of aliphatic imine (C=N–C) groups is 1. The molecule has 1 N–H and O–H groups in total. The van der Waals surface area contributed by atoms with E-state index in [-0.39, 0.29) is 0 Å². The summed E-state index contributed by atoms with van der Waals surface area (Å²) in [4.78, 5) is 9.53. The zero-order chi connectivity index (χ0) is 18.1. The molecule has 26 heavy (non-hydrogen) atoms. The molecule has 0 saturated carbocycles. The highest BCUT2D eigenvalue weighted by atomic mass is 15.2. The summed E-state index contributed by atoms with van der Waals surface area (Å²) in [5.41, 5.74) is 7.20. The molecule has 4 heteroatoms. The Morgan fingerprint density at radius 1 is 1.04 bits per heavy atom. The van der Waals surface area contributed by atoms with Crippen molar-refractivity contribution in [3.8, 4) is 0 Å². The third kappa shape index (κ3) is 2.81. The fraction of sp³-hybridized carbons (Fsp3) is 0.273. The van der Waals surface area contributed by atoms with Gasteiger partial charge in [-0.15, -0.1) is 0 Å². The predicted molar refractivity (Wildman–Crippen MR) is 111 cm³/mol. The number of nitrogens with zero attached hydrogens (tertiary/aromatic N) is 3. The van der Waals surface area contributed by atoms with Crippen LogP contribution in [0.25, 0.3) is 0 Å². The van der Waals surface area contributed by atoms with Crippen molar-refractivity contribution in [3.63, 3.8) is 0 Å². The Kier molecular flexibility index (Phi) is 4.33. The van der Waals surface area contributed by atoms with Gasteiger partial charge in [-0.25, -0.2) is 4.99 Å². The van der Waals surface area contributed by atoms with Gasteiger partial charge >= 0.3 is 0 Å². The predicted octanol–water partition coefficient (Wildman–Crippen LogP) is 5.45. The molecular formula is C22H24N4. The fourth-order valence-corrected chi connectivity index (χ4v) is 3.71. The van der Waals surface area contributed by atoms with Crippen LogP contribution in [0, 0.1) is 5.41 Å². The van der Waals surface area contributed by atoms with Crippen LogP contribution in [0.5, 0.6) is 0 Å². The lowest BCUT2D eigenvalue weighted by Crippen LogP contribution is -2.30. The van der Waals surface area contributed by atoms with Crippen molar-refractivity contribution in [2.45, 2.75) is 26.7 Å². The molecule has 0 radical (unpaired) electrons. The molecule has 0 spiro atoms. The average Bonchev–Trinajstić information content (AvgIpc) is 2.68. The van der Waals surface area contributed by atoms with Crippen LogP contribution >= 0.6 is 0 Å². The minimum absolute atomic E-state index is 0.670. The molecule has 2 aliphatic rings. The maximum absolute atomic E-state index is 8.15. The van der Waals surface area contributed by atoms with E-state index in [1.54, 1.807) is 0 Å². The number of nitrogens with one attached hydrogen (secondary N) is 1. The average molecular weight is 344 g/mol. The Bertz CT molecular complexity index is 892. The summed E-state index contributed by atoms with van der Waals surface area (Å²) in [5.74, 6) is 0. The first-order chi connectivity index (χ1) is 12.7. The number of benzene rings is 2. The van der Waals surface area contributed by atoms with Gasteiger partial charge in [0.05, 0.1) is 22.8 Å². The lowest BCUT2D eigenvalue weighted by atomic mass is 9.96. The van der Waals surface area contributed by atoms with E-state index in [9.17, 15) is 0 Å². The summed E-state index contributed by atoms with van der Waals surface area (Å²) in [6.45, 7) is 6.31. The van der Waals surface area contributed by atoms with E-state index in [2.05, 4.69) is 66.1 Å². The van der Waals surface area contributed by atoms with Crippen molar-refractivity contribution in [1.82, 2.24) is 0 Å². The molecule has 1 heterocycles. The number of allylic oxidation sites excluding steroid dienone is 2. The van der Waals surface area contributed by atoms with E-state index >= 15 is 0 Å². The fourth-order valence-electron chi connectivity index (χ4n) is 3.71. The summed E-state index contributed by atoms with van der Waals surface area (Å²) in [7, 11) is 0. The summed E-state index contributed by atoms with van der Waals surface area (Å²) < 4.78 is 0. The molecule has 1 aliphatic carbocycles. The molecule has 0 fully saturated rings. The zero-order valence-electron chi connectivity index (χ0n) is 15.4. The maximum Gasteiger partial charge on any atom is 0.0875 e. The molecule has 2 aromatic carbocycles. The lowest BCUT2D eigenvalue weighted by molar-refractivity contribution is 0.866. The van der Waals surface area contributed by atoms with Crippen LogP contribution < -0.4 is 9.80 Å². The molecule has 0 bridgehead atoms. The first kappa shape index (κ1) is 16.6. The molecule has 0 unspecified atom stereocenters. The van der Waals surface area contributed by atoms with Gasteiger partial charge < -0.3 is 15.2 Å². The van der Waals surface area contributed by atoms with E-state index in [0.717, 1.165) is 54.4 Å². The molecule has 0 amide bonds. The van der Waals surface area contributed by atoms with Crippen molar-refractivity contribution >= 4 is 34.2 Å². The van der Waals surface area contributed by atoms with Crippen LogP contribution in [0.3, 0.4) is 0 Å². The Balaban J connectivity index is 1.91. The molecule has 2 aromatic rings. The third-order valence-electron chi connectivity index (χ3n) is 5.08. The SMILES string of the molecule is CCN(CC)c1ccc2c(c1)N(c1ccccc1)C1=CC(=N)CCC1=N2. The van der Waals surface area contributed by atoms with E-state index in [1.807, 2.05) is 12.1 Å². The highest BCUT2D eigenvalue weighted by molar-refractivity contribution is 6.17. The molecule has 132 valence electrons. The number of hydrogen-bond donors (Lipinski definition) is 1. The second kappa shape index (κ2) is 6.79. The van der Waals surface area contributed by atoms with Crippen molar-refractivity contribution in [3.05, 3.63) is 60.3 Å². The number of rotatable bonds is 4. The maximum atomic E-state index is 8.15. The van der Waals surface area contributed by atoms with E-state index in [4.69, 9.17) is 10.4 Å². The van der Waals surface area contributed by atoms with Gasteiger partial charge in [-0.05, 0) is 63.1 Å². The summed E-state index contributed by atoms with van der Waals surface area (Å²) in [5, 5.41) is 8.15. The monoisotopic (exact) mass is 344 g/mol. The summed E-state index contributed by atoms with van der Waals surface area (Å²) in [6, 6.07) is 16.9. The second-order valence-corrected chi connectivity index (χ2v) is 6.63. The number of fused-ring (bicyclic) bond motifs is 2. The zero-order valence-corrected chi connectivity index (χ0v) is 15.4. The largest absolute Gasteiger partial charge is 0.372 e. The van der Waals surface area contributed by atoms with Gasteiger partial charge in [-0.3, -0.25) is 0 Å². The Morgan fingerprint density at radius 2 is 1.81 bits per heavy atom. The molecule has 1 aliphatic heterocycles. The molecule has 4 nitrogen and oxygen atoms in total. The van der Waals surface area contributed by atoms with Gasteiger partial charge in [-0.2, -0.15) is 0 Å². The van der Waals surface area contributed by atoms with E-state index in [1.165, 1.54) is 5.69 Å². The molecule has 4 rings (SSSR count). The van der Waals surface area contributed by atoms with Crippen molar-refractivity contribution in [1.29, 1.82) is 5.41 Å². The standard InChI is InChI=1S/C22H24N4/c1-3-25(4-2)18-11-13-20-22(15-18)26(17-8-6-5-7-9-17)21-14-16(23)10-12-19(21)24-20/h5-9,11,13-15,23H,3-4,10,12H2,1-2H3. The normalized spacial score (nSPS) is 15.8. The second-order valence-electron chi connectivity index (χ2n) is 6.63. The minimum atomic E-state index is 0.670. The number of hydrogen-bond acceptors (Lipinski definition) is 4. The first-order valence-electron chi connectivity index (χ1n) is 9.32. The Morgan fingerprint density at radius 3 is 2.54 bits per heavy atom. The quantitative estimate of drug-likeness (QED) is 0.801. The van der Waals surface area contributed by atoms with Crippen LogP contribution in [-0.2, 0) is 0 Å². The third-order valence-corrected chi connectivity index (χ3v) is 5.08. The summed E-state index contributed by atoms with van der Waals surface area (Å²) in [6.07, 6.45) is 3.56. The topological polar surface area (TPSA) is 42.7 Å². The Hall–Kier alpha value is -2.88. The Labute approximate surface area is 155 Å². The van der Waals surface area contributed by atoms with Crippen LogP contribution in [0.4, 0.5) is 22.7 Å². The molecule has 0 atom stereocenters. The van der Waals surface area contributed by atoms with E-state index in [0.29, 0.717) is 5.71 Å². The smallest absolute Gasteiger partial charge is 0.0875 e. The highest BCUT2D eigenvalue weighted by Gasteiger charge is 2.29. The number of anilines is 3. The van der Waals surface area contributed by atoms with Crippen molar-refractivity contribution in [2.24, 2.45) is 4.99 Å². The lowest BCUT2D eigenvalue weighted by Gasteiger charge is -2.35. The van der Waals surface area contributed by atoms with Crippen molar-refractivity contribution < 1.29 is 0 Å². The van der Waals surface area contributed by atoms with Crippen LogP contribution in [0.15, 0.2) is 65.3 Å². The van der Waals surface area contributed by atoms with Gasteiger partial charge in [0.1, 0.15) is 0 Å². The van der Waals surface area contributed by atoms with Gasteiger partial charge in [0.15, 0.2) is 0 Å². The minimum Gasteiger partial charge on any atom is -0.372 e. The number of para-hydroxylation sites is 1. The molecule has 0 aromatic heterocycles. The summed E-state index contributed by atoms with van der Waals surface area (Å²) >= 11 is 0. The van der Waals surface area contributed by atoms with Gasteiger partial charge in [0, 0.05) is 30.2 Å². The van der Waals surface area contributed by atoms with Crippen LogP contribution in [0.1, 0.15) is 26.7 Å². The van der Waals surface area contributed by atoms with Crippen LogP contribution in [0.2, 0.25) is 0 Å². The van der Waals surface area contributed by atoms with Crippen LogP contribution in [-0.4, -0.2) is 24.5 Å². The van der Waals surface area contributed by atoms with Gasteiger partial charge in [-0.1, -0.05) is 18.2 Å². The molecule has 0 saturated heterocycles. The van der Waals surface area contributed by atoms with Gasteiger partial charge in [0.25, 0.3) is 0 Å². The van der Waals surface area contributed by atoms with Crippen molar-refractivity contribution in [2.75, 3.05) is 22.9 Å². The molecular weight excluding hydrogens is 320 g/mol. The first-order valence-corrected chi connectivity index (χ1v) is 9.32.